The Labute approximate surface area is 169 Å². The average Bonchev–Trinajstić information content (AvgIpc) is 2.97. The lowest BCUT2D eigenvalue weighted by atomic mass is 10.0. The lowest BCUT2D eigenvalue weighted by Crippen LogP contribution is -2.11. The lowest BCUT2D eigenvalue weighted by molar-refractivity contribution is -0.113. The van der Waals surface area contributed by atoms with Crippen molar-refractivity contribution < 1.29 is 14.3 Å². The highest BCUT2D eigenvalue weighted by atomic mass is 32.2. The molecule has 28 heavy (non-hydrogen) atoms. The second-order valence-electron chi connectivity index (χ2n) is 6.80. The van der Waals surface area contributed by atoms with Crippen molar-refractivity contribution >= 4 is 28.9 Å². The Hall–Kier alpha value is -2.73. The van der Waals surface area contributed by atoms with Crippen LogP contribution < -0.4 is 15.2 Å². The summed E-state index contributed by atoms with van der Waals surface area (Å²) in [4.78, 5) is 16.0. The molecule has 0 spiro atoms. The molecule has 2 aromatic carbocycles. The Morgan fingerprint density at radius 1 is 1.11 bits per heavy atom. The zero-order valence-electron chi connectivity index (χ0n) is 16.3. The van der Waals surface area contributed by atoms with Crippen molar-refractivity contribution in [3.63, 3.8) is 0 Å². The Morgan fingerprint density at radius 2 is 1.82 bits per heavy atom. The number of benzene rings is 2. The molecule has 3 rings (SSSR count). The van der Waals surface area contributed by atoms with Crippen LogP contribution in [0.1, 0.15) is 36.5 Å². The van der Waals surface area contributed by atoms with Gasteiger partial charge in [0, 0.05) is 5.56 Å². The smallest absolute Gasteiger partial charge is 0.286 e. The monoisotopic (exact) mass is 396 g/mol. The van der Waals surface area contributed by atoms with Crippen LogP contribution in [0.4, 0.5) is 0 Å². The van der Waals surface area contributed by atoms with Gasteiger partial charge in [0.2, 0.25) is 0 Å². The molecule has 146 valence electrons. The topological polar surface area (TPSA) is 73.9 Å². The zero-order chi connectivity index (χ0) is 20.1. The molecular weight excluding hydrogens is 372 g/mol. The molecule has 0 saturated heterocycles. The largest absolute Gasteiger partial charge is 0.490 e. The van der Waals surface area contributed by atoms with Gasteiger partial charge < -0.3 is 15.2 Å². The molecule has 1 heterocycles. The summed E-state index contributed by atoms with van der Waals surface area (Å²) in [7, 11) is 0. The molecule has 1 aliphatic heterocycles. The Bertz CT molecular complexity index is 935. The maximum absolute atomic E-state index is 11.8. The van der Waals surface area contributed by atoms with Gasteiger partial charge in [0.05, 0.1) is 4.91 Å². The summed E-state index contributed by atoms with van der Waals surface area (Å²) in [6.45, 7) is 7.17. The molecule has 0 atom stereocenters. The minimum absolute atomic E-state index is 0.266. The van der Waals surface area contributed by atoms with E-state index in [0.29, 0.717) is 29.8 Å². The van der Waals surface area contributed by atoms with E-state index in [4.69, 9.17) is 15.2 Å². The Kier molecular flexibility index (Phi) is 6.41. The Morgan fingerprint density at radius 3 is 2.50 bits per heavy atom. The van der Waals surface area contributed by atoms with Gasteiger partial charge in [-0.25, -0.2) is 0 Å². The minimum Gasteiger partial charge on any atom is -0.490 e. The number of hydrogen-bond acceptors (Lipinski definition) is 5. The maximum atomic E-state index is 11.8. The molecule has 1 aliphatic rings. The van der Waals surface area contributed by atoms with Gasteiger partial charge in [-0.05, 0) is 53.9 Å². The van der Waals surface area contributed by atoms with Crippen LogP contribution in [-0.2, 0) is 4.79 Å². The number of thioether (sulfide) groups is 1. The van der Waals surface area contributed by atoms with Crippen molar-refractivity contribution in [2.24, 2.45) is 10.7 Å². The van der Waals surface area contributed by atoms with Gasteiger partial charge in [0.25, 0.3) is 5.91 Å². The van der Waals surface area contributed by atoms with Crippen LogP contribution in [0.15, 0.2) is 52.4 Å². The molecule has 0 fully saturated rings. The Balaban J connectivity index is 1.63. The first kappa shape index (κ1) is 20.0. The molecule has 2 aromatic rings. The fourth-order valence-electron chi connectivity index (χ4n) is 2.84. The molecule has 0 unspecified atom stereocenters. The van der Waals surface area contributed by atoms with E-state index in [9.17, 15) is 4.79 Å². The third kappa shape index (κ3) is 4.95. The summed E-state index contributed by atoms with van der Waals surface area (Å²) in [6.07, 6.45) is 1.75. The summed E-state index contributed by atoms with van der Waals surface area (Å²) in [5, 5.41) is 0.266. The summed E-state index contributed by atoms with van der Waals surface area (Å²) in [5.41, 5.74) is 8.76. The van der Waals surface area contributed by atoms with E-state index in [0.717, 1.165) is 16.9 Å². The van der Waals surface area contributed by atoms with Crippen LogP contribution in [-0.4, -0.2) is 24.3 Å². The molecule has 0 bridgehead atoms. The van der Waals surface area contributed by atoms with Crippen LogP contribution in [0.2, 0.25) is 0 Å². The van der Waals surface area contributed by atoms with E-state index < -0.39 is 0 Å². The van der Waals surface area contributed by atoms with Gasteiger partial charge in [-0.3, -0.25) is 4.79 Å². The summed E-state index contributed by atoms with van der Waals surface area (Å²) < 4.78 is 11.9. The van der Waals surface area contributed by atoms with Crippen molar-refractivity contribution in [1.29, 1.82) is 0 Å². The van der Waals surface area contributed by atoms with E-state index in [-0.39, 0.29) is 11.1 Å². The fourth-order valence-corrected chi connectivity index (χ4v) is 3.52. The first-order valence-electron chi connectivity index (χ1n) is 9.17. The number of carbonyl (C=O) groups is 1. The number of rotatable bonds is 7. The van der Waals surface area contributed by atoms with Gasteiger partial charge in [-0.2, -0.15) is 4.99 Å². The highest BCUT2D eigenvalue weighted by Crippen LogP contribution is 2.30. The highest BCUT2D eigenvalue weighted by molar-refractivity contribution is 8.18. The quantitative estimate of drug-likeness (QED) is 0.551. The number of aliphatic imine (C=N–C) groups is 1. The van der Waals surface area contributed by atoms with Crippen molar-refractivity contribution in [2.45, 2.75) is 26.7 Å². The first-order valence-corrected chi connectivity index (χ1v) is 9.99. The van der Waals surface area contributed by atoms with Gasteiger partial charge in [-0.15, -0.1) is 0 Å². The molecule has 0 aromatic heterocycles. The van der Waals surface area contributed by atoms with E-state index >= 15 is 0 Å². The number of ether oxygens (including phenoxy) is 2. The number of hydrogen-bond donors (Lipinski definition) is 1. The molecular formula is C22H24N2O3S. The number of amides is 1. The average molecular weight is 397 g/mol. The molecule has 5 nitrogen and oxygen atoms in total. The second kappa shape index (κ2) is 8.97. The number of nitrogens with zero attached hydrogens (tertiary/aromatic N) is 1. The number of amidine groups is 1. The fraction of sp³-hybridized carbons (Fsp3) is 0.273. The normalized spacial score (nSPS) is 15.2. The number of carbonyl (C=O) groups excluding carboxylic acids is 1. The van der Waals surface area contributed by atoms with Gasteiger partial charge >= 0.3 is 0 Å². The maximum Gasteiger partial charge on any atom is 0.286 e. The van der Waals surface area contributed by atoms with Gasteiger partial charge in [-0.1, -0.05) is 44.2 Å². The third-order valence-corrected chi connectivity index (χ3v) is 5.05. The van der Waals surface area contributed by atoms with Crippen molar-refractivity contribution in [1.82, 2.24) is 0 Å². The van der Waals surface area contributed by atoms with Crippen molar-refractivity contribution in [2.75, 3.05) is 13.2 Å². The van der Waals surface area contributed by atoms with Crippen molar-refractivity contribution in [3.8, 4) is 11.5 Å². The second-order valence-corrected chi connectivity index (χ2v) is 7.86. The zero-order valence-corrected chi connectivity index (χ0v) is 17.1. The molecule has 0 radical (unpaired) electrons. The van der Waals surface area contributed by atoms with Crippen LogP contribution in [0.25, 0.3) is 6.08 Å². The van der Waals surface area contributed by atoms with E-state index in [2.05, 4.69) is 44.0 Å². The van der Waals surface area contributed by atoms with E-state index in [1.165, 1.54) is 17.3 Å². The number of aryl methyl sites for hydroxylation is 1. The summed E-state index contributed by atoms with van der Waals surface area (Å²) >= 11 is 1.17. The summed E-state index contributed by atoms with van der Waals surface area (Å²) in [5.74, 6) is 1.65. The lowest BCUT2D eigenvalue weighted by Gasteiger charge is -2.15. The van der Waals surface area contributed by atoms with Crippen LogP contribution in [0.5, 0.6) is 11.5 Å². The molecule has 0 aliphatic carbocycles. The number of para-hydroxylation sites is 1. The van der Waals surface area contributed by atoms with Crippen LogP contribution >= 0.6 is 11.8 Å². The molecule has 1 amide bonds. The van der Waals surface area contributed by atoms with Gasteiger partial charge in [0.1, 0.15) is 24.7 Å². The highest BCUT2D eigenvalue weighted by Gasteiger charge is 2.20. The standard InChI is InChI=1S/C22H24N2O3S/c1-14(2)17-9-8-15(3)12-19(17)27-11-10-26-18-7-5-4-6-16(18)13-20-21(25)24-22(23)28-20/h4-9,12-14H,10-11H2,1-3H3,(H2,23,24,25)/b20-13+. The summed E-state index contributed by atoms with van der Waals surface area (Å²) in [6, 6.07) is 13.8. The third-order valence-electron chi connectivity index (χ3n) is 4.23. The SMILES string of the molecule is Cc1ccc(C(C)C)c(OCCOc2ccccc2/C=C2/SC(N)=NC2=O)c1. The van der Waals surface area contributed by atoms with Crippen LogP contribution in [0, 0.1) is 6.92 Å². The molecule has 0 saturated carbocycles. The van der Waals surface area contributed by atoms with E-state index in [1.54, 1.807) is 6.08 Å². The predicted octanol–water partition coefficient (Wildman–Crippen LogP) is 4.51. The van der Waals surface area contributed by atoms with Crippen molar-refractivity contribution in [3.05, 3.63) is 64.1 Å². The van der Waals surface area contributed by atoms with Gasteiger partial charge in [0.15, 0.2) is 5.17 Å². The molecule has 2 N–H and O–H groups in total. The van der Waals surface area contributed by atoms with E-state index in [1.807, 2.05) is 24.3 Å². The number of nitrogens with two attached hydrogens (primary N) is 1. The first-order chi connectivity index (χ1) is 13.4. The van der Waals surface area contributed by atoms with Crippen LogP contribution in [0.3, 0.4) is 0 Å². The molecule has 6 heteroatoms. The predicted molar refractivity (Wildman–Crippen MR) is 115 cm³/mol. The minimum atomic E-state index is -0.318.